The summed E-state index contributed by atoms with van der Waals surface area (Å²) in [7, 11) is 0. The van der Waals surface area contributed by atoms with Crippen LogP contribution < -0.4 is 5.73 Å². The standard InChI is InChI=1S/C11H15N3O2/c1-2-16-10(15)8-6-13-14(9(8)12)11-3-7(4-11)5-11/h6-7H,2-5,12H2,1H3. The summed E-state index contributed by atoms with van der Waals surface area (Å²) < 4.78 is 6.75. The van der Waals surface area contributed by atoms with Crippen molar-refractivity contribution < 1.29 is 9.53 Å². The minimum absolute atomic E-state index is 0.124. The van der Waals surface area contributed by atoms with Crippen LogP contribution in [-0.4, -0.2) is 22.4 Å². The van der Waals surface area contributed by atoms with Gasteiger partial charge in [-0.25, -0.2) is 9.48 Å². The van der Waals surface area contributed by atoms with Crippen molar-refractivity contribution in [2.24, 2.45) is 5.92 Å². The van der Waals surface area contributed by atoms with Crippen molar-refractivity contribution in [2.45, 2.75) is 31.7 Å². The zero-order valence-corrected chi connectivity index (χ0v) is 9.27. The SMILES string of the molecule is CCOC(=O)c1cnn(C23CC(C2)C3)c1N. The van der Waals surface area contributed by atoms with Gasteiger partial charge in [0.1, 0.15) is 11.4 Å². The summed E-state index contributed by atoms with van der Waals surface area (Å²) in [5, 5.41) is 4.24. The Morgan fingerprint density at radius 1 is 1.69 bits per heavy atom. The monoisotopic (exact) mass is 221 g/mol. The summed E-state index contributed by atoms with van der Waals surface area (Å²) in [6.07, 6.45) is 4.98. The van der Waals surface area contributed by atoms with E-state index in [1.165, 1.54) is 6.20 Å². The highest BCUT2D eigenvalue weighted by Crippen LogP contribution is 2.62. The third-order valence-electron chi connectivity index (χ3n) is 3.76. The van der Waals surface area contributed by atoms with Gasteiger partial charge >= 0.3 is 5.97 Å². The number of nitrogens with two attached hydrogens (primary N) is 1. The van der Waals surface area contributed by atoms with Crippen LogP contribution >= 0.6 is 0 Å². The molecular formula is C11H15N3O2. The molecule has 3 aliphatic carbocycles. The van der Waals surface area contributed by atoms with Crippen molar-refractivity contribution in [1.29, 1.82) is 0 Å². The van der Waals surface area contributed by atoms with E-state index >= 15 is 0 Å². The fourth-order valence-electron chi connectivity index (χ4n) is 2.79. The molecule has 3 saturated carbocycles. The average molecular weight is 221 g/mol. The van der Waals surface area contributed by atoms with Gasteiger partial charge in [-0.05, 0) is 32.1 Å². The van der Waals surface area contributed by atoms with Crippen LogP contribution in [0.1, 0.15) is 36.5 Å². The molecule has 2 N–H and O–H groups in total. The molecule has 0 aliphatic heterocycles. The van der Waals surface area contributed by atoms with E-state index in [4.69, 9.17) is 10.5 Å². The first kappa shape index (κ1) is 9.69. The molecule has 3 aliphatic rings. The van der Waals surface area contributed by atoms with Crippen molar-refractivity contribution in [1.82, 2.24) is 9.78 Å². The number of anilines is 1. The summed E-state index contributed by atoms with van der Waals surface area (Å²) in [5.74, 6) is 0.934. The number of rotatable bonds is 3. The number of nitrogens with zero attached hydrogens (tertiary/aromatic N) is 2. The van der Waals surface area contributed by atoms with E-state index in [0.717, 1.165) is 25.2 Å². The lowest BCUT2D eigenvalue weighted by molar-refractivity contribution is -0.0960. The van der Waals surface area contributed by atoms with Gasteiger partial charge < -0.3 is 10.5 Å². The number of carbonyl (C=O) groups is 1. The van der Waals surface area contributed by atoms with E-state index in [0.29, 0.717) is 18.0 Å². The number of hydrogen-bond acceptors (Lipinski definition) is 4. The molecule has 5 nitrogen and oxygen atoms in total. The molecule has 4 rings (SSSR count). The lowest BCUT2D eigenvalue weighted by Crippen LogP contribution is -2.59. The van der Waals surface area contributed by atoms with Gasteiger partial charge in [-0.1, -0.05) is 0 Å². The van der Waals surface area contributed by atoms with Crippen LogP contribution in [0.5, 0.6) is 0 Å². The Bertz CT molecular complexity index is 435. The molecule has 0 aromatic carbocycles. The molecule has 0 unspecified atom stereocenters. The summed E-state index contributed by atoms with van der Waals surface area (Å²) in [4.78, 5) is 11.6. The predicted octanol–water partition coefficient (Wildman–Crippen LogP) is 1.15. The van der Waals surface area contributed by atoms with Crippen LogP contribution in [-0.2, 0) is 10.3 Å². The van der Waals surface area contributed by atoms with Crippen LogP contribution in [0, 0.1) is 5.92 Å². The summed E-state index contributed by atoms with van der Waals surface area (Å²) in [6.45, 7) is 2.14. The number of hydrogen-bond donors (Lipinski definition) is 1. The molecule has 0 amide bonds. The molecular weight excluding hydrogens is 206 g/mol. The highest BCUT2D eigenvalue weighted by atomic mass is 16.5. The molecule has 0 spiro atoms. The number of ether oxygens (including phenoxy) is 1. The first-order chi connectivity index (χ1) is 7.66. The van der Waals surface area contributed by atoms with E-state index in [9.17, 15) is 4.79 Å². The van der Waals surface area contributed by atoms with Gasteiger partial charge in [0.25, 0.3) is 0 Å². The smallest absolute Gasteiger partial charge is 0.343 e. The van der Waals surface area contributed by atoms with Crippen LogP contribution in [0.15, 0.2) is 6.20 Å². The second kappa shape index (κ2) is 2.99. The molecule has 2 bridgehead atoms. The molecule has 1 aromatic heterocycles. The van der Waals surface area contributed by atoms with Crippen LogP contribution in [0.2, 0.25) is 0 Å². The summed E-state index contributed by atoms with van der Waals surface area (Å²) >= 11 is 0. The quantitative estimate of drug-likeness (QED) is 0.777. The average Bonchev–Trinajstić information content (AvgIpc) is 2.44. The van der Waals surface area contributed by atoms with Gasteiger partial charge in [0.05, 0.1) is 18.3 Å². The van der Waals surface area contributed by atoms with E-state index in [-0.39, 0.29) is 11.5 Å². The highest BCUT2D eigenvalue weighted by Gasteiger charge is 2.59. The zero-order valence-electron chi connectivity index (χ0n) is 9.27. The molecule has 0 radical (unpaired) electrons. The van der Waals surface area contributed by atoms with Gasteiger partial charge in [-0.3, -0.25) is 0 Å². The van der Waals surface area contributed by atoms with Crippen LogP contribution in [0.3, 0.4) is 0 Å². The largest absolute Gasteiger partial charge is 0.462 e. The molecule has 5 heteroatoms. The Balaban J connectivity index is 1.89. The van der Waals surface area contributed by atoms with Crippen molar-refractivity contribution in [2.75, 3.05) is 12.3 Å². The Morgan fingerprint density at radius 2 is 2.38 bits per heavy atom. The van der Waals surface area contributed by atoms with Gasteiger partial charge in [0.15, 0.2) is 0 Å². The molecule has 1 heterocycles. The Labute approximate surface area is 93.6 Å². The van der Waals surface area contributed by atoms with Crippen LogP contribution in [0.25, 0.3) is 0 Å². The summed E-state index contributed by atoms with van der Waals surface area (Å²) in [5.41, 5.74) is 6.47. The number of esters is 1. The van der Waals surface area contributed by atoms with E-state index in [2.05, 4.69) is 5.10 Å². The lowest BCUT2D eigenvalue weighted by Gasteiger charge is -2.61. The number of aromatic nitrogens is 2. The van der Waals surface area contributed by atoms with Gasteiger partial charge in [0, 0.05) is 0 Å². The minimum atomic E-state index is -0.377. The fourth-order valence-corrected chi connectivity index (χ4v) is 2.79. The highest BCUT2D eigenvalue weighted by molar-refractivity contribution is 5.94. The molecule has 1 aromatic rings. The molecule has 3 fully saturated rings. The maximum atomic E-state index is 11.6. The molecule has 86 valence electrons. The van der Waals surface area contributed by atoms with Crippen molar-refractivity contribution in [3.63, 3.8) is 0 Å². The predicted molar refractivity (Wildman–Crippen MR) is 57.9 cm³/mol. The van der Waals surface area contributed by atoms with Crippen molar-refractivity contribution in [3.05, 3.63) is 11.8 Å². The van der Waals surface area contributed by atoms with E-state index in [1.54, 1.807) is 6.92 Å². The number of carbonyl (C=O) groups excluding carboxylic acids is 1. The topological polar surface area (TPSA) is 70.1 Å². The third kappa shape index (κ3) is 1.06. The summed E-state index contributed by atoms with van der Waals surface area (Å²) in [6, 6.07) is 0. The van der Waals surface area contributed by atoms with E-state index in [1.807, 2.05) is 4.68 Å². The maximum Gasteiger partial charge on any atom is 0.343 e. The van der Waals surface area contributed by atoms with Crippen molar-refractivity contribution in [3.8, 4) is 0 Å². The van der Waals surface area contributed by atoms with Crippen molar-refractivity contribution >= 4 is 11.8 Å². The van der Waals surface area contributed by atoms with Gasteiger partial charge in [0.2, 0.25) is 0 Å². The lowest BCUT2D eigenvalue weighted by atomic mass is 9.50. The second-order valence-corrected chi connectivity index (χ2v) is 4.78. The second-order valence-electron chi connectivity index (χ2n) is 4.78. The normalized spacial score (nSPS) is 30.4. The Hall–Kier alpha value is -1.52. The molecule has 0 atom stereocenters. The van der Waals surface area contributed by atoms with Gasteiger partial charge in [-0.15, -0.1) is 0 Å². The Morgan fingerprint density at radius 3 is 2.88 bits per heavy atom. The minimum Gasteiger partial charge on any atom is -0.462 e. The molecule has 0 saturated heterocycles. The van der Waals surface area contributed by atoms with E-state index < -0.39 is 0 Å². The molecule has 16 heavy (non-hydrogen) atoms. The Kier molecular flexibility index (Phi) is 1.81. The van der Waals surface area contributed by atoms with Crippen LogP contribution in [0.4, 0.5) is 5.82 Å². The fraction of sp³-hybridized carbons (Fsp3) is 0.636. The maximum absolute atomic E-state index is 11.6. The van der Waals surface area contributed by atoms with Gasteiger partial charge in [-0.2, -0.15) is 5.10 Å². The third-order valence-corrected chi connectivity index (χ3v) is 3.76. The number of nitrogen functional groups attached to an aromatic ring is 1. The first-order valence-corrected chi connectivity index (χ1v) is 5.67. The first-order valence-electron chi connectivity index (χ1n) is 5.67. The zero-order chi connectivity index (χ0) is 11.3.